The van der Waals surface area contributed by atoms with Gasteiger partial charge in [-0.3, -0.25) is 14.5 Å². The van der Waals surface area contributed by atoms with Gasteiger partial charge in [0.2, 0.25) is 0 Å². The van der Waals surface area contributed by atoms with Crippen molar-refractivity contribution in [3.05, 3.63) is 35.9 Å². The number of aliphatic carboxylic acids is 1. The molecule has 0 aliphatic carbocycles. The van der Waals surface area contributed by atoms with Crippen LogP contribution in [-0.2, 0) is 20.9 Å². The molecule has 0 atom stereocenters. The summed E-state index contributed by atoms with van der Waals surface area (Å²) in [5, 5.41) is 8.87. The van der Waals surface area contributed by atoms with Crippen LogP contribution in [0.2, 0.25) is 0 Å². The Hall–Kier alpha value is -1.88. The molecule has 1 N–H and O–H groups in total. The van der Waals surface area contributed by atoms with Gasteiger partial charge in [-0.2, -0.15) is 0 Å². The maximum Gasteiger partial charge on any atom is 0.317 e. The second kappa shape index (κ2) is 8.26. The summed E-state index contributed by atoms with van der Waals surface area (Å²) in [7, 11) is 0. The summed E-state index contributed by atoms with van der Waals surface area (Å²) in [4.78, 5) is 23.8. The number of nitrogens with zero attached hydrogens (tertiary/aromatic N) is 1. The first-order chi connectivity index (χ1) is 9.11. The number of benzene rings is 1. The molecule has 104 valence electrons. The van der Waals surface area contributed by atoms with Crippen molar-refractivity contribution >= 4 is 11.9 Å². The number of hydrogen-bond acceptors (Lipinski definition) is 4. The minimum absolute atomic E-state index is 0.0890. The summed E-state index contributed by atoms with van der Waals surface area (Å²) in [5.41, 5.74) is 1.02. The van der Waals surface area contributed by atoms with E-state index in [1.807, 2.05) is 30.3 Å². The maximum absolute atomic E-state index is 11.3. The number of carboxylic acid groups (broad SMARTS) is 1. The number of carbonyl (C=O) groups is 2. The van der Waals surface area contributed by atoms with E-state index in [-0.39, 0.29) is 18.9 Å². The van der Waals surface area contributed by atoms with Crippen LogP contribution >= 0.6 is 0 Å². The Morgan fingerprint density at radius 2 is 1.95 bits per heavy atom. The Labute approximate surface area is 112 Å². The van der Waals surface area contributed by atoms with E-state index in [1.165, 1.54) is 0 Å². The number of rotatable bonds is 8. The molecule has 5 heteroatoms. The third-order valence-corrected chi connectivity index (χ3v) is 2.55. The van der Waals surface area contributed by atoms with E-state index in [0.717, 1.165) is 5.56 Å². The number of esters is 1. The zero-order valence-corrected chi connectivity index (χ0v) is 11.0. The minimum Gasteiger partial charge on any atom is -0.480 e. The maximum atomic E-state index is 11.3. The molecule has 0 amide bonds. The summed E-state index contributed by atoms with van der Waals surface area (Å²) >= 11 is 0. The summed E-state index contributed by atoms with van der Waals surface area (Å²) in [6.07, 6.45) is 0.202. The predicted octanol–water partition coefficient (Wildman–Crippen LogP) is 1.53. The van der Waals surface area contributed by atoms with Crippen LogP contribution in [0.5, 0.6) is 0 Å². The number of ether oxygens (including phenoxy) is 1. The number of carbonyl (C=O) groups excluding carboxylic acids is 1. The molecule has 0 unspecified atom stereocenters. The highest BCUT2D eigenvalue weighted by molar-refractivity contribution is 5.70. The second-order valence-electron chi connectivity index (χ2n) is 4.15. The fraction of sp³-hybridized carbons (Fsp3) is 0.429. The van der Waals surface area contributed by atoms with Gasteiger partial charge in [0.05, 0.1) is 19.6 Å². The Morgan fingerprint density at radius 3 is 2.53 bits per heavy atom. The lowest BCUT2D eigenvalue weighted by molar-refractivity contribution is -0.145. The molecule has 1 rings (SSSR count). The van der Waals surface area contributed by atoms with E-state index in [2.05, 4.69) is 0 Å². The zero-order chi connectivity index (χ0) is 14.1. The molecule has 0 radical (unpaired) electrons. The molecule has 1 aromatic carbocycles. The molecule has 0 bridgehead atoms. The first-order valence-corrected chi connectivity index (χ1v) is 6.25. The Bertz CT molecular complexity index is 405. The largest absolute Gasteiger partial charge is 0.480 e. The van der Waals surface area contributed by atoms with Gasteiger partial charge in [-0.05, 0) is 12.5 Å². The fourth-order valence-corrected chi connectivity index (χ4v) is 1.73. The van der Waals surface area contributed by atoms with Crippen LogP contribution in [0.1, 0.15) is 18.9 Å². The van der Waals surface area contributed by atoms with Gasteiger partial charge in [0, 0.05) is 13.1 Å². The van der Waals surface area contributed by atoms with Gasteiger partial charge < -0.3 is 9.84 Å². The summed E-state index contributed by atoms with van der Waals surface area (Å²) in [6, 6.07) is 9.57. The second-order valence-corrected chi connectivity index (χ2v) is 4.15. The first kappa shape index (κ1) is 15.2. The molecule has 0 fully saturated rings. The van der Waals surface area contributed by atoms with Crippen molar-refractivity contribution in [2.75, 3.05) is 19.7 Å². The molecular weight excluding hydrogens is 246 g/mol. The number of carboxylic acids is 1. The van der Waals surface area contributed by atoms with Gasteiger partial charge in [0.15, 0.2) is 0 Å². The van der Waals surface area contributed by atoms with Gasteiger partial charge in [-0.15, -0.1) is 0 Å². The SMILES string of the molecule is CCOC(=O)CCN(CC(=O)O)Cc1ccccc1. The molecule has 0 saturated carbocycles. The normalized spacial score (nSPS) is 10.4. The molecule has 19 heavy (non-hydrogen) atoms. The lowest BCUT2D eigenvalue weighted by atomic mass is 10.2. The fourth-order valence-electron chi connectivity index (χ4n) is 1.73. The summed E-state index contributed by atoms with van der Waals surface area (Å²) in [6.45, 7) is 2.88. The van der Waals surface area contributed by atoms with E-state index in [4.69, 9.17) is 9.84 Å². The van der Waals surface area contributed by atoms with Crippen molar-refractivity contribution in [1.29, 1.82) is 0 Å². The van der Waals surface area contributed by atoms with Crippen LogP contribution in [0.15, 0.2) is 30.3 Å². The van der Waals surface area contributed by atoms with Crippen LogP contribution in [0.3, 0.4) is 0 Å². The lowest BCUT2D eigenvalue weighted by Gasteiger charge is -2.19. The van der Waals surface area contributed by atoms with Gasteiger partial charge >= 0.3 is 11.9 Å². The molecule has 0 spiro atoms. The van der Waals surface area contributed by atoms with Crippen molar-refractivity contribution in [3.8, 4) is 0 Å². The molecule has 0 aliphatic heterocycles. The first-order valence-electron chi connectivity index (χ1n) is 6.25. The quantitative estimate of drug-likeness (QED) is 0.722. The third-order valence-electron chi connectivity index (χ3n) is 2.55. The predicted molar refractivity (Wildman–Crippen MR) is 70.6 cm³/mol. The average Bonchev–Trinajstić information content (AvgIpc) is 2.37. The van der Waals surface area contributed by atoms with E-state index in [1.54, 1.807) is 11.8 Å². The van der Waals surface area contributed by atoms with Crippen molar-refractivity contribution in [2.45, 2.75) is 19.9 Å². The van der Waals surface area contributed by atoms with E-state index in [0.29, 0.717) is 19.7 Å². The highest BCUT2D eigenvalue weighted by Gasteiger charge is 2.12. The molecule has 0 heterocycles. The highest BCUT2D eigenvalue weighted by Crippen LogP contribution is 2.05. The van der Waals surface area contributed by atoms with Crippen molar-refractivity contribution in [2.24, 2.45) is 0 Å². The molecule has 0 aromatic heterocycles. The number of hydrogen-bond donors (Lipinski definition) is 1. The van der Waals surface area contributed by atoms with E-state index in [9.17, 15) is 9.59 Å². The van der Waals surface area contributed by atoms with Crippen molar-refractivity contribution < 1.29 is 19.4 Å². The van der Waals surface area contributed by atoms with Crippen LogP contribution in [0.4, 0.5) is 0 Å². The van der Waals surface area contributed by atoms with Gasteiger partial charge in [0.25, 0.3) is 0 Å². The Kier molecular flexibility index (Phi) is 6.60. The zero-order valence-electron chi connectivity index (χ0n) is 11.0. The standard InChI is InChI=1S/C14H19NO4/c1-2-19-14(18)8-9-15(11-13(16)17)10-12-6-4-3-5-7-12/h3-7H,2,8-11H2,1H3,(H,16,17). The lowest BCUT2D eigenvalue weighted by Crippen LogP contribution is -2.31. The van der Waals surface area contributed by atoms with E-state index >= 15 is 0 Å². The van der Waals surface area contributed by atoms with Crippen molar-refractivity contribution in [1.82, 2.24) is 4.90 Å². The third kappa shape index (κ3) is 6.57. The monoisotopic (exact) mass is 265 g/mol. The van der Waals surface area contributed by atoms with Gasteiger partial charge in [-0.1, -0.05) is 30.3 Å². The molecular formula is C14H19NO4. The molecule has 0 aliphatic rings. The molecule has 5 nitrogen and oxygen atoms in total. The van der Waals surface area contributed by atoms with E-state index < -0.39 is 5.97 Å². The highest BCUT2D eigenvalue weighted by atomic mass is 16.5. The Balaban J connectivity index is 2.52. The summed E-state index contributed by atoms with van der Waals surface area (Å²) < 4.78 is 4.83. The molecule has 0 saturated heterocycles. The minimum atomic E-state index is -0.903. The Morgan fingerprint density at radius 1 is 1.26 bits per heavy atom. The van der Waals surface area contributed by atoms with Crippen LogP contribution in [-0.4, -0.2) is 41.6 Å². The van der Waals surface area contributed by atoms with Gasteiger partial charge in [-0.25, -0.2) is 0 Å². The molecule has 1 aromatic rings. The van der Waals surface area contributed by atoms with Crippen LogP contribution < -0.4 is 0 Å². The van der Waals surface area contributed by atoms with Crippen LogP contribution in [0, 0.1) is 0 Å². The topological polar surface area (TPSA) is 66.8 Å². The van der Waals surface area contributed by atoms with Crippen molar-refractivity contribution in [3.63, 3.8) is 0 Å². The van der Waals surface area contributed by atoms with Crippen LogP contribution in [0.25, 0.3) is 0 Å². The smallest absolute Gasteiger partial charge is 0.317 e. The van der Waals surface area contributed by atoms with Gasteiger partial charge in [0.1, 0.15) is 0 Å². The summed E-state index contributed by atoms with van der Waals surface area (Å²) in [5.74, 6) is -1.20. The average molecular weight is 265 g/mol.